The molecule has 21 heteroatoms. The molecule has 1 unspecified atom stereocenters. The van der Waals surface area contributed by atoms with Crippen molar-refractivity contribution in [1.82, 2.24) is 46.0 Å². The standard InChI is InChI=1S/C56H78N12O8S/c1-8-43-53(73)65(6)45-32-59-55(64-50(45)68(43)40-11-9-10-12-40)62-42-18-17-38(29-46(42)75-7)51(71)61-39-20-24-66(25-21-39)26-28-76-27-23-57-22-19-47(70)63-49(56(3,4)5)54(74)67-33-41(69)30-44(67)52(72)58-31-36-13-15-37(16-14-36)48-35(2)60-34-77-48/h13-18,29,32,34,39-41,43-44,49,57,69H,8-12,19-28,30-31,33H2,1-7H3,(H,58,72)(H,61,71)(H,63,70)(H,59,62,64)/t41-,43-,44+,49?/m1/s1. The molecule has 4 aromatic rings. The maximum Gasteiger partial charge on any atom is 0.251 e. The number of β-amino-alcohol motifs (C(OH)–C–C–N with tert-alkyl or cyclic N) is 1. The smallest absolute Gasteiger partial charge is 0.251 e. The molecule has 4 atom stereocenters. The molecule has 0 spiro atoms. The molecule has 5 amide bonds. The van der Waals surface area contributed by atoms with Gasteiger partial charge in [0.1, 0.15) is 29.6 Å². The zero-order chi connectivity index (χ0) is 54.8. The minimum Gasteiger partial charge on any atom is -0.495 e. The number of nitrogens with one attached hydrogen (secondary N) is 5. The Labute approximate surface area is 456 Å². The Hall–Kier alpha value is -6.26. The summed E-state index contributed by atoms with van der Waals surface area (Å²) in [5.74, 6) is 0.457. The number of carbonyl (C=O) groups is 5. The van der Waals surface area contributed by atoms with Crippen LogP contribution < -0.4 is 41.1 Å². The summed E-state index contributed by atoms with van der Waals surface area (Å²) in [5, 5.41) is 26.2. The summed E-state index contributed by atoms with van der Waals surface area (Å²) in [4.78, 5) is 90.1. The number of methoxy groups -OCH3 is 1. The number of amides is 5. The molecule has 1 aliphatic carbocycles. The number of aromatic nitrogens is 3. The number of likely N-dealkylation sites (N-methyl/N-ethyl adjacent to an activating group) is 1. The molecule has 3 fully saturated rings. The van der Waals surface area contributed by atoms with E-state index in [-0.39, 0.29) is 67.7 Å². The normalized spacial score (nSPS) is 19.8. The van der Waals surface area contributed by atoms with Crippen molar-refractivity contribution in [2.75, 3.05) is 81.8 Å². The van der Waals surface area contributed by atoms with Crippen LogP contribution in [0.15, 0.2) is 54.2 Å². The molecule has 0 bridgehead atoms. The van der Waals surface area contributed by atoms with Crippen molar-refractivity contribution in [3.05, 3.63) is 71.0 Å². The largest absolute Gasteiger partial charge is 0.495 e. The van der Waals surface area contributed by atoms with Gasteiger partial charge in [0.2, 0.25) is 29.6 Å². The summed E-state index contributed by atoms with van der Waals surface area (Å²) in [5.41, 5.74) is 5.88. The van der Waals surface area contributed by atoms with Gasteiger partial charge in [-0.25, -0.2) is 9.97 Å². The lowest BCUT2D eigenvalue weighted by molar-refractivity contribution is -0.144. The first-order chi connectivity index (χ1) is 37.0. The zero-order valence-corrected chi connectivity index (χ0v) is 46.5. The van der Waals surface area contributed by atoms with Gasteiger partial charge in [-0.2, -0.15) is 4.98 Å². The molecule has 20 nitrogen and oxygen atoms in total. The minimum atomic E-state index is -0.905. The summed E-state index contributed by atoms with van der Waals surface area (Å²) < 4.78 is 11.6. The van der Waals surface area contributed by atoms with Crippen LogP contribution in [0.4, 0.5) is 23.1 Å². The van der Waals surface area contributed by atoms with Crippen LogP contribution in [0, 0.1) is 12.3 Å². The Kier molecular flexibility index (Phi) is 19.2. The van der Waals surface area contributed by atoms with Crippen LogP contribution in [0.3, 0.4) is 0 Å². The van der Waals surface area contributed by atoms with Crippen molar-refractivity contribution in [3.8, 4) is 16.2 Å². The second-order valence-electron chi connectivity index (χ2n) is 21.8. The number of piperidine rings is 1. The summed E-state index contributed by atoms with van der Waals surface area (Å²) >= 11 is 1.58. The molecular formula is C56H78N12O8S. The predicted molar refractivity (Wildman–Crippen MR) is 297 cm³/mol. The number of likely N-dealkylation sites (tertiary alicyclic amines) is 2. The molecular weight excluding hydrogens is 1000 g/mol. The van der Waals surface area contributed by atoms with Crippen molar-refractivity contribution < 1.29 is 38.6 Å². The molecule has 416 valence electrons. The molecule has 3 aliphatic heterocycles. The highest BCUT2D eigenvalue weighted by Crippen LogP contribution is 2.41. The van der Waals surface area contributed by atoms with Crippen LogP contribution in [0.25, 0.3) is 10.4 Å². The lowest BCUT2D eigenvalue weighted by Crippen LogP contribution is -2.57. The molecule has 8 rings (SSSR count). The van der Waals surface area contributed by atoms with Crippen molar-refractivity contribution in [2.24, 2.45) is 5.41 Å². The molecule has 0 radical (unpaired) electrons. The van der Waals surface area contributed by atoms with E-state index in [9.17, 15) is 29.1 Å². The number of benzene rings is 2. The van der Waals surface area contributed by atoms with Crippen LogP contribution in [0.2, 0.25) is 0 Å². The van der Waals surface area contributed by atoms with E-state index in [0.717, 1.165) is 85.7 Å². The first-order valence-electron chi connectivity index (χ1n) is 27.3. The van der Waals surface area contributed by atoms with Crippen molar-refractivity contribution in [3.63, 3.8) is 0 Å². The summed E-state index contributed by atoms with van der Waals surface area (Å²) in [6, 6.07) is 11.4. The zero-order valence-electron chi connectivity index (χ0n) is 45.7. The number of thiazole rings is 1. The third kappa shape index (κ3) is 14.1. The van der Waals surface area contributed by atoms with Gasteiger partial charge in [-0.05, 0) is 73.8 Å². The number of hydrogen-bond donors (Lipinski definition) is 6. The number of nitrogens with zero attached hydrogens (tertiary/aromatic N) is 7. The molecule has 2 aromatic heterocycles. The van der Waals surface area contributed by atoms with Gasteiger partial charge in [-0.1, -0.05) is 64.8 Å². The van der Waals surface area contributed by atoms with Crippen LogP contribution in [-0.2, 0) is 30.5 Å². The number of aryl methyl sites for hydroxylation is 1. The number of anilines is 4. The van der Waals surface area contributed by atoms with Gasteiger partial charge in [0, 0.05) is 83.3 Å². The molecule has 77 heavy (non-hydrogen) atoms. The lowest BCUT2D eigenvalue weighted by atomic mass is 9.85. The number of aliphatic hydroxyl groups excluding tert-OH is 1. The number of ether oxygens (including phenoxy) is 2. The highest BCUT2D eigenvalue weighted by atomic mass is 32.1. The van der Waals surface area contributed by atoms with Gasteiger partial charge in [0.15, 0.2) is 5.82 Å². The highest BCUT2D eigenvalue weighted by molar-refractivity contribution is 7.13. The molecule has 5 heterocycles. The lowest BCUT2D eigenvalue weighted by Gasteiger charge is -2.43. The Morgan fingerprint density at radius 3 is 2.42 bits per heavy atom. The van der Waals surface area contributed by atoms with Gasteiger partial charge >= 0.3 is 0 Å². The maximum atomic E-state index is 14.0. The number of carbonyl (C=O) groups excluding carboxylic acids is 5. The van der Waals surface area contributed by atoms with E-state index in [2.05, 4.69) is 46.4 Å². The second-order valence-corrected chi connectivity index (χ2v) is 22.6. The van der Waals surface area contributed by atoms with Gasteiger partial charge in [-0.15, -0.1) is 11.3 Å². The summed E-state index contributed by atoms with van der Waals surface area (Å²) in [6.45, 7) is 14.2. The van der Waals surface area contributed by atoms with E-state index < -0.39 is 29.5 Å². The van der Waals surface area contributed by atoms with Crippen molar-refractivity contribution >= 4 is 64.0 Å². The average Bonchev–Trinajstić information content (AvgIpc) is 4.23. The average molecular weight is 1080 g/mol. The van der Waals surface area contributed by atoms with Crippen LogP contribution in [0.5, 0.6) is 5.75 Å². The number of rotatable bonds is 22. The molecule has 2 saturated heterocycles. The first kappa shape index (κ1) is 56.9. The molecule has 6 N–H and O–H groups in total. The fourth-order valence-corrected chi connectivity index (χ4v) is 11.7. The highest BCUT2D eigenvalue weighted by Gasteiger charge is 2.45. The molecule has 1 saturated carbocycles. The number of aliphatic hydroxyl groups is 1. The van der Waals surface area contributed by atoms with Gasteiger partial charge in [0.25, 0.3) is 5.91 Å². The Bertz CT molecular complexity index is 2690. The van der Waals surface area contributed by atoms with Gasteiger partial charge in [0.05, 0.1) is 54.4 Å². The monoisotopic (exact) mass is 1080 g/mol. The van der Waals surface area contributed by atoms with E-state index in [1.165, 1.54) is 4.90 Å². The Balaban J connectivity index is 0.711. The van der Waals surface area contributed by atoms with Crippen LogP contribution >= 0.6 is 11.3 Å². The topological polar surface area (TPSA) is 236 Å². The van der Waals surface area contributed by atoms with E-state index in [1.807, 2.05) is 64.4 Å². The number of fused-ring (bicyclic) bond motifs is 1. The summed E-state index contributed by atoms with van der Waals surface area (Å²) in [7, 11) is 3.35. The van der Waals surface area contributed by atoms with Crippen LogP contribution in [0.1, 0.15) is 107 Å². The van der Waals surface area contributed by atoms with E-state index in [0.29, 0.717) is 61.4 Å². The Morgan fingerprint density at radius 1 is 0.974 bits per heavy atom. The van der Waals surface area contributed by atoms with E-state index in [1.54, 1.807) is 54.8 Å². The van der Waals surface area contributed by atoms with Gasteiger partial charge in [-0.3, -0.25) is 24.0 Å². The van der Waals surface area contributed by atoms with Crippen molar-refractivity contribution in [1.29, 1.82) is 0 Å². The number of hydrogen-bond acceptors (Lipinski definition) is 16. The predicted octanol–water partition coefficient (Wildman–Crippen LogP) is 5.16. The minimum absolute atomic E-state index is 0.00548. The second kappa shape index (κ2) is 25.9. The molecule has 4 aliphatic rings. The van der Waals surface area contributed by atoms with Gasteiger partial charge < -0.3 is 60.8 Å². The summed E-state index contributed by atoms with van der Waals surface area (Å²) in [6.07, 6.45) is 7.72. The van der Waals surface area contributed by atoms with Crippen LogP contribution in [-0.4, -0.2) is 162 Å². The fraction of sp³-hybridized carbons (Fsp3) is 0.571. The third-order valence-corrected chi connectivity index (χ3v) is 16.2. The maximum absolute atomic E-state index is 14.0. The van der Waals surface area contributed by atoms with E-state index >= 15 is 0 Å². The third-order valence-electron chi connectivity index (χ3n) is 15.3. The van der Waals surface area contributed by atoms with E-state index in [4.69, 9.17) is 14.5 Å². The van der Waals surface area contributed by atoms with Crippen molar-refractivity contribution in [2.45, 2.75) is 135 Å². The SMILES string of the molecule is CC[C@@H]1C(=O)N(C)c2cnc(Nc3ccc(C(=O)NC4CCN(CCOCCNCCC(=O)NC(C(=O)N5C[C@H](O)C[C@H]5C(=O)NCc5ccc(-c6scnc6C)cc5)C(C)(C)C)CC4)cc3OC)nc2N1C1CCCC1. The Morgan fingerprint density at radius 2 is 1.73 bits per heavy atom. The molecule has 2 aromatic carbocycles. The first-order valence-corrected chi connectivity index (χ1v) is 28.2. The quantitative estimate of drug-likeness (QED) is 0.0558. The fourth-order valence-electron chi connectivity index (χ4n) is 10.8.